The minimum Gasteiger partial charge on any atom is -0.450 e. The first-order valence-electron chi connectivity index (χ1n) is 8.47. The molecule has 0 radical (unpaired) electrons. The fraction of sp³-hybridized carbons (Fsp3) is 0.105. The molecule has 1 amide bonds. The highest BCUT2D eigenvalue weighted by molar-refractivity contribution is 7.13. The second kappa shape index (κ2) is 7.57. The van der Waals surface area contributed by atoms with Crippen molar-refractivity contribution in [1.29, 1.82) is 0 Å². The number of nitrogens with zero attached hydrogens (tertiary/aromatic N) is 4. The maximum absolute atomic E-state index is 11.7. The molecular weight excluding hydrogens is 378 g/mol. The fourth-order valence-electron chi connectivity index (χ4n) is 2.70. The Hall–Kier alpha value is -3.59. The van der Waals surface area contributed by atoms with E-state index in [-0.39, 0.29) is 12.4 Å². The Morgan fingerprint density at radius 3 is 2.93 bits per heavy atom. The average Bonchev–Trinajstić information content (AvgIpc) is 3.37. The van der Waals surface area contributed by atoms with E-state index in [1.54, 1.807) is 35.0 Å². The van der Waals surface area contributed by atoms with Gasteiger partial charge in [0.05, 0.1) is 34.6 Å². The number of hydrogen-bond donors (Lipinski definition) is 1. The third-order valence-electron chi connectivity index (χ3n) is 3.91. The van der Waals surface area contributed by atoms with E-state index in [1.807, 2.05) is 29.8 Å². The molecule has 0 fully saturated rings. The summed E-state index contributed by atoms with van der Waals surface area (Å²) in [6.07, 6.45) is 3.51. The number of aromatic nitrogens is 4. The maximum Gasteiger partial charge on any atom is 0.412 e. The first-order chi connectivity index (χ1) is 13.7. The van der Waals surface area contributed by atoms with Crippen molar-refractivity contribution in [3.8, 4) is 21.8 Å². The molecule has 0 atom stereocenters. The molecule has 4 aromatic rings. The molecule has 8 nitrogen and oxygen atoms in total. The summed E-state index contributed by atoms with van der Waals surface area (Å²) in [6.45, 7) is 1.94. The number of fused-ring (bicyclic) bond motifs is 1. The second-order valence-electron chi connectivity index (χ2n) is 5.75. The number of ether oxygens (including phenoxy) is 1. The van der Waals surface area contributed by atoms with Gasteiger partial charge < -0.3 is 4.74 Å². The molecule has 4 heterocycles. The van der Waals surface area contributed by atoms with Crippen LogP contribution in [0.15, 0.2) is 48.1 Å². The standard InChI is InChI=1S/C19H15N5O3S/c1-2-27-19(26)23-17-9-12(11-25)8-15(21-17)13-10-20-24-6-5-14(22-18(13)24)16-4-3-7-28-16/h3-11H,2H2,1H3,(H,21,23,26). The van der Waals surface area contributed by atoms with Gasteiger partial charge in [-0.15, -0.1) is 11.3 Å². The van der Waals surface area contributed by atoms with Crippen LogP contribution < -0.4 is 5.32 Å². The number of thiophene rings is 1. The van der Waals surface area contributed by atoms with Gasteiger partial charge in [-0.1, -0.05) is 6.07 Å². The van der Waals surface area contributed by atoms with Gasteiger partial charge in [0, 0.05) is 11.8 Å². The zero-order chi connectivity index (χ0) is 19.5. The normalized spacial score (nSPS) is 10.8. The highest BCUT2D eigenvalue weighted by atomic mass is 32.1. The molecule has 0 aromatic carbocycles. The van der Waals surface area contributed by atoms with Gasteiger partial charge in [0.1, 0.15) is 12.1 Å². The summed E-state index contributed by atoms with van der Waals surface area (Å²) < 4.78 is 6.51. The number of rotatable bonds is 5. The van der Waals surface area contributed by atoms with Gasteiger partial charge in [0.25, 0.3) is 0 Å². The van der Waals surface area contributed by atoms with Crippen LogP contribution in [0.3, 0.4) is 0 Å². The van der Waals surface area contributed by atoms with E-state index in [9.17, 15) is 9.59 Å². The van der Waals surface area contributed by atoms with E-state index in [4.69, 9.17) is 9.72 Å². The number of amides is 1. The first kappa shape index (κ1) is 17.8. The SMILES string of the molecule is CCOC(=O)Nc1cc(C=O)cc(-c2cnn3ccc(-c4cccs4)nc23)n1. The van der Waals surface area contributed by atoms with E-state index < -0.39 is 6.09 Å². The Kier molecular flexibility index (Phi) is 4.81. The summed E-state index contributed by atoms with van der Waals surface area (Å²) in [6, 6.07) is 8.94. The lowest BCUT2D eigenvalue weighted by Gasteiger charge is -2.07. The third kappa shape index (κ3) is 3.47. The van der Waals surface area contributed by atoms with Crippen molar-refractivity contribution in [2.24, 2.45) is 0 Å². The van der Waals surface area contributed by atoms with E-state index >= 15 is 0 Å². The fourth-order valence-corrected chi connectivity index (χ4v) is 3.40. The molecule has 0 bridgehead atoms. The first-order valence-corrected chi connectivity index (χ1v) is 9.35. The van der Waals surface area contributed by atoms with Crippen LogP contribution >= 0.6 is 11.3 Å². The summed E-state index contributed by atoms with van der Waals surface area (Å²) in [5, 5.41) is 8.82. The van der Waals surface area contributed by atoms with Crippen LogP contribution in [0.4, 0.5) is 10.6 Å². The highest BCUT2D eigenvalue weighted by Crippen LogP contribution is 2.28. The zero-order valence-electron chi connectivity index (χ0n) is 14.8. The predicted octanol–water partition coefficient (Wildman–Crippen LogP) is 3.90. The minimum atomic E-state index is -0.637. The van der Waals surface area contributed by atoms with Crippen molar-refractivity contribution < 1.29 is 14.3 Å². The van der Waals surface area contributed by atoms with Gasteiger partial charge in [-0.25, -0.2) is 19.3 Å². The largest absolute Gasteiger partial charge is 0.450 e. The summed E-state index contributed by atoms with van der Waals surface area (Å²) in [5.74, 6) is 0.215. The predicted molar refractivity (Wildman–Crippen MR) is 106 cm³/mol. The number of pyridine rings is 1. The lowest BCUT2D eigenvalue weighted by Crippen LogP contribution is -2.14. The van der Waals surface area contributed by atoms with Gasteiger partial charge in [-0.3, -0.25) is 10.1 Å². The van der Waals surface area contributed by atoms with Gasteiger partial charge >= 0.3 is 6.09 Å². The summed E-state index contributed by atoms with van der Waals surface area (Å²) in [7, 11) is 0. The van der Waals surface area contributed by atoms with E-state index in [0.717, 1.165) is 10.6 Å². The zero-order valence-corrected chi connectivity index (χ0v) is 15.6. The van der Waals surface area contributed by atoms with Crippen LogP contribution in [0.25, 0.3) is 27.5 Å². The molecule has 0 spiro atoms. The van der Waals surface area contributed by atoms with E-state index in [0.29, 0.717) is 28.8 Å². The number of carbonyl (C=O) groups excluding carboxylic acids is 2. The van der Waals surface area contributed by atoms with E-state index in [1.165, 1.54) is 6.07 Å². The number of hydrogen-bond acceptors (Lipinski definition) is 7. The smallest absolute Gasteiger partial charge is 0.412 e. The molecule has 0 aliphatic rings. The molecule has 0 aliphatic carbocycles. The summed E-state index contributed by atoms with van der Waals surface area (Å²) in [4.78, 5) is 33.2. The van der Waals surface area contributed by atoms with Crippen LogP contribution in [-0.4, -0.2) is 38.6 Å². The third-order valence-corrected chi connectivity index (χ3v) is 4.80. The van der Waals surface area contributed by atoms with Gasteiger partial charge in [0.2, 0.25) is 0 Å². The molecule has 0 saturated carbocycles. The maximum atomic E-state index is 11.7. The quantitative estimate of drug-likeness (QED) is 0.516. The Morgan fingerprint density at radius 1 is 1.29 bits per heavy atom. The Balaban J connectivity index is 1.79. The van der Waals surface area contributed by atoms with E-state index in [2.05, 4.69) is 15.4 Å². The van der Waals surface area contributed by atoms with Crippen molar-refractivity contribution >= 4 is 35.2 Å². The van der Waals surface area contributed by atoms with Crippen molar-refractivity contribution in [1.82, 2.24) is 19.6 Å². The second-order valence-corrected chi connectivity index (χ2v) is 6.70. The van der Waals surface area contributed by atoms with Gasteiger partial charge in [-0.05, 0) is 36.6 Å². The Morgan fingerprint density at radius 2 is 2.18 bits per heavy atom. The topological polar surface area (TPSA) is 98.5 Å². The molecule has 1 N–H and O–H groups in total. The molecule has 0 aliphatic heterocycles. The van der Waals surface area contributed by atoms with Crippen LogP contribution in [0.5, 0.6) is 0 Å². The molecule has 140 valence electrons. The number of anilines is 1. The van der Waals surface area contributed by atoms with Crippen LogP contribution in [0.1, 0.15) is 17.3 Å². The molecule has 4 aromatic heterocycles. The van der Waals surface area contributed by atoms with Crippen molar-refractivity contribution in [3.05, 3.63) is 53.7 Å². The van der Waals surface area contributed by atoms with Crippen LogP contribution in [0.2, 0.25) is 0 Å². The molecule has 9 heteroatoms. The molecule has 0 saturated heterocycles. The molecule has 28 heavy (non-hydrogen) atoms. The van der Waals surface area contributed by atoms with Gasteiger partial charge in [0.15, 0.2) is 5.65 Å². The minimum absolute atomic E-state index is 0.215. The Bertz CT molecular complexity index is 1150. The van der Waals surface area contributed by atoms with Crippen molar-refractivity contribution in [2.45, 2.75) is 6.92 Å². The summed E-state index contributed by atoms with van der Waals surface area (Å²) >= 11 is 1.59. The van der Waals surface area contributed by atoms with Crippen LogP contribution in [-0.2, 0) is 4.74 Å². The van der Waals surface area contributed by atoms with Crippen molar-refractivity contribution in [2.75, 3.05) is 11.9 Å². The Labute approximate surface area is 163 Å². The van der Waals surface area contributed by atoms with Crippen molar-refractivity contribution in [3.63, 3.8) is 0 Å². The molecular formula is C19H15N5O3S. The number of nitrogens with one attached hydrogen (secondary N) is 1. The average molecular weight is 393 g/mol. The van der Waals surface area contributed by atoms with Gasteiger partial charge in [-0.2, -0.15) is 5.10 Å². The molecule has 0 unspecified atom stereocenters. The highest BCUT2D eigenvalue weighted by Gasteiger charge is 2.14. The lowest BCUT2D eigenvalue weighted by atomic mass is 10.1. The lowest BCUT2D eigenvalue weighted by molar-refractivity contribution is 0.112. The summed E-state index contributed by atoms with van der Waals surface area (Å²) in [5.41, 5.74) is 2.91. The number of carbonyl (C=O) groups is 2. The number of aldehydes is 1. The molecule has 4 rings (SSSR count). The van der Waals surface area contributed by atoms with Crippen LogP contribution in [0, 0.1) is 0 Å². The monoisotopic (exact) mass is 393 g/mol.